The van der Waals surface area contributed by atoms with E-state index in [-0.39, 0.29) is 29.8 Å². The van der Waals surface area contributed by atoms with Crippen LogP contribution < -0.4 is 5.32 Å². The van der Waals surface area contributed by atoms with E-state index in [1.54, 1.807) is 12.1 Å². The zero-order valence-corrected chi connectivity index (χ0v) is 16.3. The molecule has 29 heavy (non-hydrogen) atoms. The molecule has 1 fully saturated rings. The Kier molecular flexibility index (Phi) is 7.00. The van der Waals surface area contributed by atoms with E-state index in [0.717, 1.165) is 24.8 Å². The summed E-state index contributed by atoms with van der Waals surface area (Å²) in [5, 5.41) is 11.9. The number of likely N-dealkylation sites (tertiary alicyclic amines) is 1. The number of nitrogens with zero attached hydrogens (tertiary/aromatic N) is 1. The van der Waals surface area contributed by atoms with Crippen LogP contribution in [0.25, 0.3) is 0 Å². The van der Waals surface area contributed by atoms with Gasteiger partial charge in [-0.05, 0) is 42.5 Å². The first-order chi connectivity index (χ1) is 14.0. The molecule has 6 nitrogen and oxygen atoms in total. The number of amides is 2. The summed E-state index contributed by atoms with van der Waals surface area (Å²) in [4.78, 5) is 37.4. The third kappa shape index (κ3) is 6.17. The fraction of sp³-hybridized carbons (Fsp3) is 0.348. The highest BCUT2D eigenvalue weighted by Crippen LogP contribution is 2.14. The predicted octanol–water partition coefficient (Wildman–Crippen LogP) is 2.67. The first-order valence-electron chi connectivity index (χ1n) is 9.94. The SMILES string of the molecule is O=C(Cc1ccc(C(=O)O)cc1)NC1CCN(C(=O)CCc2ccccc2)CC1. The molecule has 2 N–H and O–H groups in total. The minimum atomic E-state index is -0.980. The van der Waals surface area contributed by atoms with Crippen molar-refractivity contribution >= 4 is 17.8 Å². The van der Waals surface area contributed by atoms with Gasteiger partial charge < -0.3 is 15.3 Å². The molecule has 1 saturated heterocycles. The smallest absolute Gasteiger partial charge is 0.335 e. The molecular formula is C23H26N2O4. The maximum atomic E-state index is 12.4. The number of hydrogen-bond acceptors (Lipinski definition) is 3. The Hall–Kier alpha value is -3.15. The summed E-state index contributed by atoms with van der Waals surface area (Å²) in [6, 6.07) is 16.4. The number of nitrogens with one attached hydrogen (secondary N) is 1. The molecule has 0 saturated carbocycles. The molecule has 1 aliphatic rings. The molecule has 2 aromatic carbocycles. The van der Waals surface area contributed by atoms with Crippen molar-refractivity contribution in [2.24, 2.45) is 0 Å². The van der Waals surface area contributed by atoms with Gasteiger partial charge in [-0.1, -0.05) is 42.5 Å². The van der Waals surface area contributed by atoms with Gasteiger partial charge in [-0.2, -0.15) is 0 Å². The molecule has 0 radical (unpaired) electrons. The van der Waals surface area contributed by atoms with E-state index in [2.05, 4.69) is 5.32 Å². The first kappa shape index (κ1) is 20.6. The lowest BCUT2D eigenvalue weighted by molar-refractivity contribution is -0.132. The van der Waals surface area contributed by atoms with Gasteiger partial charge in [-0.15, -0.1) is 0 Å². The number of benzene rings is 2. The van der Waals surface area contributed by atoms with E-state index >= 15 is 0 Å². The van der Waals surface area contributed by atoms with Crippen LogP contribution in [0.4, 0.5) is 0 Å². The summed E-state index contributed by atoms with van der Waals surface area (Å²) in [6.45, 7) is 1.32. The summed E-state index contributed by atoms with van der Waals surface area (Å²) in [6.07, 6.45) is 2.97. The molecule has 152 valence electrons. The molecule has 0 spiro atoms. The zero-order valence-electron chi connectivity index (χ0n) is 16.3. The van der Waals surface area contributed by atoms with E-state index in [4.69, 9.17) is 5.11 Å². The largest absolute Gasteiger partial charge is 0.478 e. The third-order valence-electron chi connectivity index (χ3n) is 5.25. The van der Waals surface area contributed by atoms with Crippen molar-refractivity contribution in [3.8, 4) is 0 Å². The second-order valence-corrected chi connectivity index (χ2v) is 7.39. The van der Waals surface area contributed by atoms with Gasteiger partial charge in [0.05, 0.1) is 12.0 Å². The van der Waals surface area contributed by atoms with Gasteiger partial charge in [0.1, 0.15) is 0 Å². The summed E-state index contributed by atoms with van der Waals surface area (Å²) in [5.41, 5.74) is 2.15. The minimum absolute atomic E-state index is 0.0685. The topological polar surface area (TPSA) is 86.7 Å². The van der Waals surface area contributed by atoms with Gasteiger partial charge >= 0.3 is 5.97 Å². The molecule has 2 amide bonds. The highest BCUT2D eigenvalue weighted by Gasteiger charge is 2.23. The Bertz CT molecular complexity index is 841. The maximum Gasteiger partial charge on any atom is 0.335 e. The van der Waals surface area contributed by atoms with Crippen LogP contribution in [-0.2, 0) is 22.4 Å². The van der Waals surface area contributed by atoms with Gasteiger partial charge in [-0.25, -0.2) is 4.79 Å². The van der Waals surface area contributed by atoms with Crippen LogP contribution in [0, 0.1) is 0 Å². The lowest BCUT2D eigenvalue weighted by atomic mass is 10.0. The summed E-state index contributed by atoms with van der Waals surface area (Å²) in [5.74, 6) is -0.898. The number of carboxylic acids is 1. The second kappa shape index (κ2) is 9.87. The molecule has 6 heteroatoms. The van der Waals surface area contributed by atoms with Crippen molar-refractivity contribution in [3.05, 3.63) is 71.3 Å². The Labute approximate surface area is 170 Å². The molecule has 2 aromatic rings. The van der Waals surface area contributed by atoms with Gasteiger partial charge in [0.15, 0.2) is 0 Å². The van der Waals surface area contributed by atoms with E-state index < -0.39 is 5.97 Å². The number of aromatic carboxylic acids is 1. The van der Waals surface area contributed by atoms with E-state index in [1.165, 1.54) is 17.7 Å². The van der Waals surface area contributed by atoms with Crippen LogP contribution in [0.15, 0.2) is 54.6 Å². The van der Waals surface area contributed by atoms with Gasteiger partial charge in [0.2, 0.25) is 11.8 Å². The molecule has 1 heterocycles. The highest BCUT2D eigenvalue weighted by molar-refractivity contribution is 5.87. The second-order valence-electron chi connectivity index (χ2n) is 7.39. The normalized spacial score (nSPS) is 14.4. The van der Waals surface area contributed by atoms with Crippen molar-refractivity contribution in [2.75, 3.05) is 13.1 Å². The molecule has 0 atom stereocenters. The van der Waals surface area contributed by atoms with Crippen molar-refractivity contribution in [1.82, 2.24) is 10.2 Å². The monoisotopic (exact) mass is 394 g/mol. The van der Waals surface area contributed by atoms with Gasteiger partial charge in [0.25, 0.3) is 0 Å². The number of carbonyl (C=O) groups excluding carboxylic acids is 2. The summed E-state index contributed by atoms with van der Waals surface area (Å²) < 4.78 is 0. The lowest BCUT2D eigenvalue weighted by Crippen LogP contribution is -2.46. The van der Waals surface area contributed by atoms with Crippen LogP contribution in [0.1, 0.15) is 40.7 Å². The van der Waals surface area contributed by atoms with Crippen LogP contribution in [-0.4, -0.2) is 46.9 Å². The van der Waals surface area contributed by atoms with Crippen LogP contribution >= 0.6 is 0 Å². The summed E-state index contributed by atoms with van der Waals surface area (Å²) in [7, 11) is 0. The number of carbonyl (C=O) groups is 3. The third-order valence-corrected chi connectivity index (χ3v) is 5.25. The van der Waals surface area contributed by atoms with Gasteiger partial charge in [-0.3, -0.25) is 9.59 Å². The van der Waals surface area contributed by atoms with Crippen LogP contribution in [0.3, 0.4) is 0 Å². The number of carboxylic acid groups (broad SMARTS) is 1. The van der Waals surface area contributed by atoms with Gasteiger partial charge in [0, 0.05) is 25.6 Å². The molecule has 0 aliphatic carbocycles. The fourth-order valence-corrected chi connectivity index (χ4v) is 3.56. The average Bonchev–Trinajstić information content (AvgIpc) is 2.73. The summed E-state index contributed by atoms with van der Waals surface area (Å²) >= 11 is 0. The number of rotatable bonds is 7. The van der Waals surface area contributed by atoms with Crippen LogP contribution in [0.5, 0.6) is 0 Å². The molecule has 0 aromatic heterocycles. The van der Waals surface area contributed by atoms with Crippen molar-refractivity contribution in [2.45, 2.75) is 38.1 Å². The van der Waals surface area contributed by atoms with E-state index in [1.807, 2.05) is 35.2 Å². The molecular weight excluding hydrogens is 368 g/mol. The zero-order chi connectivity index (χ0) is 20.6. The predicted molar refractivity (Wildman–Crippen MR) is 110 cm³/mol. The minimum Gasteiger partial charge on any atom is -0.478 e. The molecule has 0 unspecified atom stereocenters. The number of piperidine rings is 1. The van der Waals surface area contributed by atoms with E-state index in [9.17, 15) is 14.4 Å². The Balaban J connectivity index is 1.39. The molecule has 1 aliphatic heterocycles. The standard InChI is InChI=1S/C23H26N2O4/c26-21(16-18-6-9-19(10-7-18)23(28)29)24-20-12-14-25(15-13-20)22(27)11-8-17-4-2-1-3-5-17/h1-7,9-10,20H,8,11-16H2,(H,24,26)(H,28,29). The fourth-order valence-electron chi connectivity index (χ4n) is 3.56. The average molecular weight is 394 g/mol. The number of hydrogen-bond donors (Lipinski definition) is 2. The van der Waals surface area contributed by atoms with Crippen molar-refractivity contribution < 1.29 is 19.5 Å². The Morgan fingerprint density at radius 3 is 2.21 bits per heavy atom. The maximum absolute atomic E-state index is 12.4. The first-order valence-corrected chi connectivity index (χ1v) is 9.94. The quantitative estimate of drug-likeness (QED) is 0.756. The lowest BCUT2D eigenvalue weighted by Gasteiger charge is -2.32. The van der Waals surface area contributed by atoms with Crippen molar-refractivity contribution in [3.63, 3.8) is 0 Å². The molecule has 0 bridgehead atoms. The highest BCUT2D eigenvalue weighted by atomic mass is 16.4. The Morgan fingerprint density at radius 1 is 0.931 bits per heavy atom. The molecule has 3 rings (SSSR count). The number of aryl methyl sites for hydroxylation is 1. The Morgan fingerprint density at radius 2 is 1.59 bits per heavy atom. The van der Waals surface area contributed by atoms with Crippen molar-refractivity contribution in [1.29, 1.82) is 0 Å². The van der Waals surface area contributed by atoms with E-state index in [0.29, 0.717) is 19.5 Å². The van der Waals surface area contributed by atoms with Crippen LogP contribution in [0.2, 0.25) is 0 Å².